The molecule has 0 aromatic heterocycles. The summed E-state index contributed by atoms with van der Waals surface area (Å²) in [6.07, 6.45) is 7.44. The second kappa shape index (κ2) is 10.9. The van der Waals surface area contributed by atoms with E-state index in [9.17, 15) is 15.8 Å². The largest absolute Gasteiger partial charge is 0.479 e. The second-order valence-electron chi connectivity index (χ2n) is 8.41. The molecule has 3 rings (SSSR count). The number of rotatable bonds is 9. The van der Waals surface area contributed by atoms with E-state index in [1.165, 1.54) is 0 Å². The zero-order chi connectivity index (χ0) is 23.0. The Labute approximate surface area is 190 Å². The van der Waals surface area contributed by atoms with Gasteiger partial charge in [-0.05, 0) is 62.6 Å². The van der Waals surface area contributed by atoms with Crippen molar-refractivity contribution in [2.45, 2.75) is 63.9 Å². The van der Waals surface area contributed by atoms with Crippen LogP contribution in [0.3, 0.4) is 0 Å². The van der Waals surface area contributed by atoms with E-state index in [1.807, 2.05) is 24.3 Å². The van der Waals surface area contributed by atoms with Crippen LogP contribution in [0.2, 0.25) is 0 Å². The summed E-state index contributed by atoms with van der Waals surface area (Å²) in [6, 6.07) is 14.2. The summed E-state index contributed by atoms with van der Waals surface area (Å²) in [6.45, 7) is 4.23. The second-order valence-corrected chi connectivity index (χ2v) is 8.41. The molecule has 6 nitrogen and oxygen atoms in total. The lowest BCUT2D eigenvalue weighted by Crippen LogP contribution is -2.27. The number of unbranched alkanes of at least 4 members (excludes halogenated alkanes) is 2. The highest BCUT2D eigenvalue weighted by Gasteiger charge is 2.49. The Hall–Kier alpha value is -3.27. The summed E-state index contributed by atoms with van der Waals surface area (Å²) in [4.78, 5) is 2.34. The molecule has 32 heavy (non-hydrogen) atoms. The van der Waals surface area contributed by atoms with Crippen molar-refractivity contribution in [1.29, 1.82) is 15.8 Å². The predicted octanol–water partition coefficient (Wildman–Crippen LogP) is 4.99. The number of aliphatic hydroxyl groups excluding tert-OH is 1. The van der Waals surface area contributed by atoms with Gasteiger partial charge >= 0.3 is 0 Å². The minimum absolute atomic E-state index is 0.132. The third-order valence-electron chi connectivity index (χ3n) is 6.34. The van der Waals surface area contributed by atoms with Crippen molar-refractivity contribution >= 4 is 11.3 Å². The number of aliphatic hydroxyl groups is 1. The molecule has 0 amide bonds. The van der Waals surface area contributed by atoms with Crippen molar-refractivity contribution in [3.05, 3.63) is 46.7 Å². The van der Waals surface area contributed by atoms with Crippen LogP contribution in [0.25, 0.3) is 5.57 Å². The van der Waals surface area contributed by atoms with E-state index in [1.54, 1.807) is 0 Å². The van der Waals surface area contributed by atoms with Gasteiger partial charge in [-0.15, -0.1) is 0 Å². The number of anilines is 1. The van der Waals surface area contributed by atoms with Crippen LogP contribution < -0.4 is 4.90 Å². The van der Waals surface area contributed by atoms with E-state index in [2.05, 4.69) is 30.0 Å². The molecule has 1 aromatic rings. The Kier molecular flexibility index (Phi) is 7.93. The highest BCUT2D eigenvalue weighted by atomic mass is 16.5. The normalized spacial score (nSPS) is 16.4. The molecule has 2 aliphatic rings. The van der Waals surface area contributed by atoms with Gasteiger partial charge < -0.3 is 14.7 Å². The SMILES string of the molecule is CCCCN(CCCCO)c1ccc(C2=C(C#N)C(=C(C#N)C#N)OC23CCCC3)cc1. The third-order valence-corrected chi connectivity index (χ3v) is 6.34. The molecule has 6 heteroatoms. The molecule has 0 atom stereocenters. The lowest BCUT2D eigenvalue weighted by Gasteiger charge is -2.28. The van der Waals surface area contributed by atoms with Crippen molar-refractivity contribution in [3.8, 4) is 18.2 Å². The van der Waals surface area contributed by atoms with Crippen LogP contribution in [0, 0.1) is 34.0 Å². The first-order valence-electron chi connectivity index (χ1n) is 11.5. The van der Waals surface area contributed by atoms with E-state index in [-0.39, 0.29) is 17.9 Å². The first-order chi connectivity index (χ1) is 15.6. The van der Waals surface area contributed by atoms with Crippen molar-refractivity contribution in [2.75, 3.05) is 24.6 Å². The van der Waals surface area contributed by atoms with Crippen molar-refractivity contribution in [1.82, 2.24) is 0 Å². The maximum Gasteiger partial charge on any atom is 0.172 e. The molecule has 1 aliphatic carbocycles. The highest BCUT2D eigenvalue weighted by Crippen LogP contribution is 2.53. The van der Waals surface area contributed by atoms with E-state index in [0.29, 0.717) is 5.57 Å². The van der Waals surface area contributed by atoms with Gasteiger partial charge in [0.05, 0.1) is 0 Å². The standard InChI is InChI=1S/C26H30N4O2/c1-2-3-14-30(15-6-7-16-31)22-10-8-20(9-11-22)24-23(19-29)25(21(17-27)18-28)32-26(24)12-4-5-13-26/h8-11,31H,2-7,12-16H2,1H3. The molecular weight excluding hydrogens is 400 g/mol. The molecule has 166 valence electrons. The molecule has 0 saturated heterocycles. The molecular formula is C26H30N4O2. The molecule has 1 aromatic carbocycles. The van der Waals surface area contributed by atoms with Gasteiger partial charge in [0.2, 0.25) is 0 Å². The smallest absolute Gasteiger partial charge is 0.172 e. The van der Waals surface area contributed by atoms with Gasteiger partial charge in [0, 0.05) is 31.0 Å². The Morgan fingerprint density at radius 1 is 1.03 bits per heavy atom. The first kappa shape index (κ1) is 23.4. The van der Waals surface area contributed by atoms with Crippen LogP contribution in [0.1, 0.15) is 63.9 Å². The zero-order valence-electron chi connectivity index (χ0n) is 18.7. The Morgan fingerprint density at radius 3 is 2.25 bits per heavy atom. The number of nitrogens with zero attached hydrogens (tertiary/aromatic N) is 4. The van der Waals surface area contributed by atoms with Gasteiger partial charge in [-0.25, -0.2) is 0 Å². The minimum Gasteiger partial charge on any atom is -0.479 e. The molecule has 1 aliphatic heterocycles. The Morgan fingerprint density at radius 2 is 1.69 bits per heavy atom. The van der Waals surface area contributed by atoms with Crippen LogP contribution in [-0.2, 0) is 4.74 Å². The lowest BCUT2D eigenvalue weighted by atomic mass is 9.85. The first-order valence-corrected chi connectivity index (χ1v) is 11.5. The van der Waals surface area contributed by atoms with Crippen LogP contribution in [0.5, 0.6) is 0 Å². The number of nitriles is 3. The summed E-state index contributed by atoms with van der Waals surface area (Å²) in [5, 5.41) is 37.8. The van der Waals surface area contributed by atoms with Gasteiger partial charge in [0.25, 0.3) is 0 Å². The Balaban J connectivity index is 2.00. The van der Waals surface area contributed by atoms with Gasteiger partial charge in [-0.1, -0.05) is 25.5 Å². The molecule has 0 radical (unpaired) electrons. The predicted molar refractivity (Wildman–Crippen MR) is 123 cm³/mol. The van der Waals surface area contributed by atoms with Gasteiger partial charge in [0.1, 0.15) is 29.4 Å². The number of ether oxygens (including phenoxy) is 1. The van der Waals surface area contributed by atoms with Gasteiger partial charge in [-0.3, -0.25) is 0 Å². The Bertz CT molecular complexity index is 980. The molecule has 0 unspecified atom stereocenters. The minimum atomic E-state index is -0.635. The molecule has 1 saturated carbocycles. The average molecular weight is 431 g/mol. The van der Waals surface area contributed by atoms with E-state index in [4.69, 9.17) is 9.84 Å². The van der Waals surface area contributed by atoms with Crippen molar-refractivity contribution < 1.29 is 9.84 Å². The van der Waals surface area contributed by atoms with Crippen molar-refractivity contribution in [2.24, 2.45) is 0 Å². The summed E-state index contributed by atoms with van der Waals surface area (Å²) in [5.74, 6) is 0.132. The van der Waals surface area contributed by atoms with E-state index >= 15 is 0 Å². The number of benzene rings is 1. The summed E-state index contributed by atoms with van der Waals surface area (Å²) in [7, 11) is 0. The summed E-state index contributed by atoms with van der Waals surface area (Å²) >= 11 is 0. The molecule has 1 spiro atoms. The van der Waals surface area contributed by atoms with E-state index in [0.717, 1.165) is 81.3 Å². The lowest BCUT2D eigenvalue weighted by molar-refractivity contribution is 0.0804. The van der Waals surface area contributed by atoms with Crippen LogP contribution in [0.4, 0.5) is 5.69 Å². The van der Waals surface area contributed by atoms with Crippen LogP contribution in [-0.4, -0.2) is 30.4 Å². The fourth-order valence-corrected chi connectivity index (χ4v) is 4.73. The monoisotopic (exact) mass is 430 g/mol. The molecule has 1 N–H and O–H groups in total. The van der Waals surface area contributed by atoms with Crippen LogP contribution >= 0.6 is 0 Å². The number of hydrogen-bond donors (Lipinski definition) is 1. The molecule has 1 heterocycles. The maximum absolute atomic E-state index is 9.94. The molecule has 0 bridgehead atoms. The third kappa shape index (κ3) is 4.64. The molecule has 1 fully saturated rings. The highest BCUT2D eigenvalue weighted by molar-refractivity contribution is 5.85. The van der Waals surface area contributed by atoms with Gasteiger partial charge in [0.15, 0.2) is 11.3 Å². The summed E-state index contributed by atoms with van der Waals surface area (Å²) in [5.41, 5.74) is 2.36. The van der Waals surface area contributed by atoms with Crippen LogP contribution in [0.15, 0.2) is 41.2 Å². The average Bonchev–Trinajstić information content (AvgIpc) is 3.42. The fraction of sp³-hybridized carbons (Fsp3) is 0.500. The van der Waals surface area contributed by atoms with E-state index < -0.39 is 5.60 Å². The topological polar surface area (TPSA) is 104 Å². The number of hydrogen-bond acceptors (Lipinski definition) is 6. The fourth-order valence-electron chi connectivity index (χ4n) is 4.73. The quantitative estimate of drug-likeness (QED) is 0.437. The van der Waals surface area contributed by atoms with Gasteiger partial charge in [-0.2, -0.15) is 15.8 Å². The summed E-state index contributed by atoms with van der Waals surface area (Å²) < 4.78 is 6.22. The number of allylic oxidation sites excluding steroid dienone is 2. The van der Waals surface area contributed by atoms with Crippen molar-refractivity contribution in [3.63, 3.8) is 0 Å². The zero-order valence-corrected chi connectivity index (χ0v) is 18.7. The maximum atomic E-state index is 9.94.